The van der Waals surface area contributed by atoms with E-state index >= 15 is 0 Å². The topological polar surface area (TPSA) is 88.9 Å². The van der Waals surface area contributed by atoms with Crippen molar-refractivity contribution in [1.82, 2.24) is 25.4 Å². The van der Waals surface area contributed by atoms with Crippen molar-refractivity contribution in [3.63, 3.8) is 0 Å². The van der Waals surface area contributed by atoms with Gasteiger partial charge in [0.25, 0.3) is 5.91 Å². The Balaban J connectivity index is 1.61. The summed E-state index contributed by atoms with van der Waals surface area (Å²) in [7, 11) is 0. The Labute approximate surface area is 176 Å². The summed E-state index contributed by atoms with van der Waals surface area (Å²) in [5.74, 6) is 0.910. The van der Waals surface area contributed by atoms with Crippen molar-refractivity contribution in [1.29, 1.82) is 0 Å². The number of thioether (sulfide) groups is 1. The van der Waals surface area contributed by atoms with E-state index in [2.05, 4.69) is 20.8 Å². The SMILES string of the molecule is CCn1c(SCC(=O)NC2CCCC2)nnc1[C@H](C)NC(=O)c1ccccc1C. The molecule has 3 rings (SSSR count). The summed E-state index contributed by atoms with van der Waals surface area (Å²) in [6, 6.07) is 7.52. The van der Waals surface area contributed by atoms with Crippen LogP contribution in [0, 0.1) is 6.92 Å². The van der Waals surface area contributed by atoms with Gasteiger partial charge >= 0.3 is 0 Å². The first kappa shape index (κ1) is 21.4. The Kier molecular flexibility index (Phi) is 7.30. The van der Waals surface area contributed by atoms with Crippen LogP contribution in [0.3, 0.4) is 0 Å². The van der Waals surface area contributed by atoms with Crippen LogP contribution in [0.15, 0.2) is 29.4 Å². The molecule has 0 radical (unpaired) electrons. The third kappa shape index (κ3) is 5.38. The lowest BCUT2D eigenvalue weighted by molar-refractivity contribution is -0.119. The molecule has 0 bridgehead atoms. The van der Waals surface area contributed by atoms with Gasteiger partial charge in [0.1, 0.15) is 0 Å². The third-order valence-corrected chi connectivity index (χ3v) is 6.21. The number of nitrogens with one attached hydrogen (secondary N) is 2. The minimum atomic E-state index is -0.295. The molecule has 1 aromatic carbocycles. The first-order valence-corrected chi connectivity index (χ1v) is 11.2. The zero-order chi connectivity index (χ0) is 20.8. The van der Waals surface area contributed by atoms with E-state index < -0.39 is 0 Å². The summed E-state index contributed by atoms with van der Waals surface area (Å²) in [6.45, 7) is 6.48. The molecule has 7 nitrogen and oxygen atoms in total. The number of benzene rings is 1. The molecule has 0 unspecified atom stereocenters. The Hall–Kier alpha value is -2.35. The number of rotatable bonds is 8. The monoisotopic (exact) mass is 415 g/mol. The van der Waals surface area contributed by atoms with Crippen molar-refractivity contribution in [2.45, 2.75) is 70.2 Å². The number of aryl methyl sites for hydroxylation is 1. The van der Waals surface area contributed by atoms with Crippen LogP contribution in [-0.2, 0) is 11.3 Å². The zero-order valence-corrected chi connectivity index (χ0v) is 18.1. The standard InChI is InChI=1S/C21H29N5O2S/c1-4-26-19(15(3)22-20(28)17-12-8-5-9-14(17)2)24-25-21(26)29-13-18(27)23-16-10-6-7-11-16/h5,8-9,12,15-16H,4,6-7,10-11,13H2,1-3H3,(H,22,28)(H,23,27)/t15-/m0/s1. The summed E-state index contributed by atoms with van der Waals surface area (Å²) in [5.41, 5.74) is 1.58. The highest BCUT2D eigenvalue weighted by Gasteiger charge is 2.22. The highest BCUT2D eigenvalue weighted by Crippen LogP contribution is 2.22. The molecular weight excluding hydrogens is 386 g/mol. The van der Waals surface area contributed by atoms with Crippen LogP contribution in [-0.4, -0.2) is 38.4 Å². The van der Waals surface area contributed by atoms with Crippen LogP contribution in [0.4, 0.5) is 0 Å². The summed E-state index contributed by atoms with van der Waals surface area (Å²) in [5, 5.41) is 15.3. The maximum atomic E-state index is 12.6. The fourth-order valence-corrected chi connectivity index (χ4v) is 4.48. The summed E-state index contributed by atoms with van der Waals surface area (Å²) in [4.78, 5) is 24.8. The molecule has 2 amide bonds. The second-order valence-corrected chi connectivity index (χ2v) is 8.38. The molecule has 29 heavy (non-hydrogen) atoms. The largest absolute Gasteiger partial charge is 0.353 e. The maximum Gasteiger partial charge on any atom is 0.252 e. The van der Waals surface area contributed by atoms with Crippen LogP contribution in [0.25, 0.3) is 0 Å². The van der Waals surface area contributed by atoms with Gasteiger partial charge in [-0.25, -0.2) is 0 Å². The van der Waals surface area contributed by atoms with E-state index in [1.807, 2.05) is 49.6 Å². The van der Waals surface area contributed by atoms with Crippen molar-refractivity contribution in [2.24, 2.45) is 0 Å². The molecule has 8 heteroatoms. The molecular formula is C21H29N5O2S. The molecule has 1 atom stereocenters. The second-order valence-electron chi connectivity index (χ2n) is 7.43. The molecule has 1 heterocycles. The minimum Gasteiger partial charge on any atom is -0.353 e. The quantitative estimate of drug-likeness (QED) is 0.646. The van der Waals surface area contributed by atoms with Crippen molar-refractivity contribution < 1.29 is 9.59 Å². The van der Waals surface area contributed by atoms with Crippen molar-refractivity contribution in [3.8, 4) is 0 Å². The Morgan fingerprint density at radius 2 is 1.97 bits per heavy atom. The van der Waals surface area contributed by atoms with E-state index in [9.17, 15) is 9.59 Å². The number of hydrogen-bond acceptors (Lipinski definition) is 5. The third-order valence-electron chi connectivity index (χ3n) is 5.24. The Morgan fingerprint density at radius 1 is 1.24 bits per heavy atom. The van der Waals surface area contributed by atoms with E-state index in [-0.39, 0.29) is 17.9 Å². The lowest BCUT2D eigenvalue weighted by atomic mass is 10.1. The molecule has 1 aromatic heterocycles. The van der Waals surface area contributed by atoms with Crippen LogP contribution in [0.1, 0.15) is 67.3 Å². The van der Waals surface area contributed by atoms with Gasteiger partial charge in [0.05, 0.1) is 11.8 Å². The highest BCUT2D eigenvalue weighted by molar-refractivity contribution is 7.99. The van der Waals surface area contributed by atoms with Gasteiger partial charge < -0.3 is 15.2 Å². The zero-order valence-electron chi connectivity index (χ0n) is 17.3. The number of carbonyl (C=O) groups is 2. The lowest BCUT2D eigenvalue weighted by Crippen LogP contribution is -2.33. The summed E-state index contributed by atoms with van der Waals surface area (Å²) in [6.07, 6.45) is 4.53. The predicted octanol–water partition coefficient (Wildman–Crippen LogP) is 3.25. The molecule has 1 aliphatic carbocycles. The van der Waals surface area contributed by atoms with Crippen molar-refractivity contribution in [3.05, 3.63) is 41.2 Å². The fraction of sp³-hybridized carbons (Fsp3) is 0.524. The number of hydrogen-bond donors (Lipinski definition) is 2. The molecule has 156 valence electrons. The summed E-state index contributed by atoms with van der Waals surface area (Å²) >= 11 is 1.38. The number of amides is 2. The van der Waals surface area contributed by atoms with E-state index in [1.165, 1.54) is 24.6 Å². The van der Waals surface area contributed by atoms with Gasteiger partial charge in [0.2, 0.25) is 5.91 Å². The van der Waals surface area contributed by atoms with E-state index in [1.54, 1.807) is 0 Å². The van der Waals surface area contributed by atoms with E-state index in [0.717, 1.165) is 18.4 Å². The van der Waals surface area contributed by atoms with Gasteiger partial charge in [0, 0.05) is 18.2 Å². The van der Waals surface area contributed by atoms with Crippen LogP contribution in [0.2, 0.25) is 0 Å². The Morgan fingerprint density at radius 3 is 2.66 bits per heavy atom. The van der Waals surface area contributed by atoms with Crippen LogP contribution in [0.5, 0.6) is 0 Å². The number of nitrogens with zero attached hydrogens (tertiary/aromatic N) is 3. The minimum absolute atomic E-state index is 0.0370. The van der Waals surface area contributed by atoms with Gasteiger partial charge in [-0.1, -0.05) is 42.8 Å². The average molecular weight is 416 g/mol. The average Bonchev–Trinajstić information content (AvgIpc) is 3.35. The molecule has 2 aromatic rings. The van der Waals surface area contributed by atoms with Gasteiger partial charge in [-0.05, 0) is 45.2 Å². The van der Waals surface area contributed by atoms with Crippen molar-refractivity contribution in [2.75, 3.05) is 5.75 Å². The van der Waals surface area contributed by atoms with E-state index in [4.69, 9.17) is 0 Å². The van der Waals surface area contributed by atoms with Crippen LogP contribution >= 0.6 is 11.8 Å². The molecule has 0 spiro atoms. The van der Waals surface area contributed by atoms with Gasteiger partial charge in [0.15, 0.2) is 11.0 Å². The maximum absolute atomic E-state index is 12.6. The predicted molar refractivity (Wildman–Crippen MR) is 114 cm³/mol. The first-order chi connectivity index (χ1) is 14.0. The molecule has 1 aliphatic rings. The highest BCUT2D eigenvalue weighted by atomic mass is 32.2. The smallest absolute Gasteiger partial charge is 0.252 e. The second kappa shape index (κ2) is 9.91. The molecule has 2 N–H and O–H groups in total. The summed E-state index contributed by atoms with van der Waals surface area (Å²) < 4.78 is 1.95. The fourth-order valence-electron chi connectivity index (χ4n) is 3.66. The molecule has 0 aliphatic heterocycles. The van der Waals surface area contributed by atoms with Crippen LogP contribution < -0.4 is 10.6 Å². The van der Waals surface area contributed by atoms with Gasteiger partial charge in [-0.2, -0.15) is 0 Å². The Bertz CT molecular complexity index is 861. The number of aromatic nitrogens is 3. The van der Waals surface area contributed by atoms with Crippen molar-refractivity contribution >= 4 is 23.6 Å². The molecule has 0 saturated heterocycles. The number of carbonyl (C=O) groups excluding carboxylic acids is 2. The normalized spacial score (nSPS) is 15.3. The van der Waals surface area contributed by atoms with Gasteiger partial charge in [-0.3, -0.25) is 9.59 Å². The molecule has 1 saturated carbocycles. The van der Waals surface area contributed by atoms with Gasteiger partial charge in [-0.15, -0.1) is 10.2 Å². The molecule has 1 fully saturated rings. The lowest BCUT2D eigenvalue weighted by Gasteiger charge is -2.16. The van der Waals surface area contributed by atoms with E-state index in [0.29, 0.717) is 34.9 Å². The first-order valence-electron chi connectivity index (χ1n) is 10.2.